The summed E-state index contributed by atoms with van der Waals surface area (Å²) in [5, 5.41) is 2.60. The number of carbonyl (C=O) groups excluding carboxylic acids is 2. The molecule has 2 amide bonds. The Morgan fingerprint density at radius 1 is 1.28 bits per heavy atom. The average molecular weight is 363 g/mol. The molecule has 130 valence electrons. The molecule has 1 aliphatic heterocycles. The molecule has 0 bridgehead atoms. The van der Waals surface area contributed by atoms with Gasteiger partial charge < -0.3 is 15.0 Å². The van der Waals surface area contributed by atoms with Crippen molar-refractivity contribution in [2.24, 2.45) is 5.92 Å². The Labute approximate surface area is 149 Å². The van der Waals surface area contributed by atoms with Gasteiger partial charge in [-0.25, -0.2) is 4.39 Å². The zero-order chi connectivity index (χ0) is 18.0. The van der Waals surface area contributed by atoms with Crippen molar-refractivity contribution < 1.29 is 18.7 Å². The molecule has 2 aromatic rings. The van der Waals surface area contributed by atoms with Gasteiger partial charge >= 0.3 is 0 Å². The van der Waals surface area contributed by atoms with Crippen LogP contribution in [-0.2, 0) is 9.59 Å². The summed E-state index contributed by atoms with van der Waals surface area (Å²) in [6.07, 6.45) is 0.118. The highest BCUT2D eigenvalue weighted by atomic mass is 35.5. The van der Waals surface area contributed by atoms with Crippen LogP contribution in [0.4, 0.5) is 15.8 Å². The number of amides is 2. The molecular formula is C18H16ClFN2O3. The van der Waals surface area contributed by atoms with Crippen molar-refractivity contribution in [2.75, 3.05) is 23.9 Å². The molecule has 0 saturated carbocycles. The van der Waals surface area contributed by atoms with E-state index >= 15 is 0 Å². The first-order valence-electron chi connectivity index (χ1n) is 7.68. The first kappa shape index (κ1) is 17.2. The highest BCUT2D eigenvalue weighted by Gasteiger charge is 2.35. The van der Waals surface area contributed by atoms with Gasteiger partial charge in [-0.3, -0.25) is 9.59 Å². The average Bonchev–Trinajstić information content (AvgIpc) is 3.00. The number of nitrogens with zero attached hydrogens (tertiary/aromatic N) is 1. The maximum absolute atomic E-state index is 13.2. The lowest BCUT2D eigenvalue weighted by molar-refractivity contribution is -0.122. The second-order valence-corrected chi connectivity index (χ2v) is 6.13. The molecule has 1 atom stereocenters. The second-order valence-electron chi connectivity index (χ2n) is 5.72. The Bertz CT molecular complexity index is 810. The Balaban J connectivity index is 1.68. The normalized spacial score (nSPS) is 16.8. The fourth-order valence-corrected chi connectivity index (χ4v) is 2.89. The Morgan fingerprint density at radius 3 is 2.64 bits per heavy atom. The predicted octanol–water partition coefficient (Wildman–Crippen LogP) is 3.48. The van der Waals surface area contributed by atoms with Crippen molar-refractivity contribution in [3.8, 4) is 5.75 Å². The topological polar surface area (TPSA) is 58.6 Å². The highest BCUT2D eigenvalue weighted by molar-refractivity contribution is 6.31. The van der Waals surface area contributed by atoms with Crippen LogP contribution in [-0.4, -0.2) is 25.5 Å². The number of nitrogens with one attached hydrogen (secondary N) is 1. The van der Waals surface area contributed by atoms with Gasteiger partial charge in [-0.15, -0.1) is 0 Å². The fraction of sp³-hybridized carbons (Fsp3) is 0.222. The molecule has 7 heteroatoms. The van der Waals surface area contributed by atoms with Gasteiger partial charge in [-0.1, -0.05) is 11.6 Å². The number of methoxy groups -OCH3 is 1. The summed E-state index contributed by atoms with van der Waals surface area (Å²) < 4.78 is 18.3. The van der Waals surface area contributed by atoms with Crippen molar-refractivity contribution >= 4 is 34.8 Å². The molecule has 3 rings (SSSR count). The van der Waals surface area contributed by atoms with E-state index in [0.717, 1.165) is 0 Å². The van der Waals surface area contributed by atoms with Crippen LogP contribution in [0.5, 0.6) is 5.75 Å². The molecule has 1 aliphatic rings. The fourth-order valence-electron chi connectivity index (χ4n) is 2.71. The largest absolute Gasteiger partial charge is 0.497 e. The van der Waals surface area contributed by atoms with Crippen molar-refractivity contribution in [3.63, 3.8) is 0 Å². The van der Waals surface area contributed by atoms with E-state index in [2.05, 4.69) is 5.32 Å². The number of hydrogen-bond donors (Lipinski definition) is 1. The van der Waals surface area contributed by atoms with E-state index in [4.69, 9.17) is 16.3 Å². The summed E-state index contributed by atoms with van der Waals surface area (Å²) in [5.41, 5.74) is 1.11. The maximum atomic E-state index is 13.2. The number of rotatable bonds is 4. The van der Waals surface area contributed by atoms with E-state index in [-0.39, 0.29) is 29.8 Å². The van der Waals surface area contributed by atoms with Gasteiger partial charge in [0.15, 0.2) is 0 Å². The molecule has 25 heavy (non-hydrogen) atoms. The van der Waals surface area contributed by atoms with Crippen LogP contribution in [0.2, 0.25) is 5.02 Å². The standard InChI is InChI=1S/C18H16ClFN2O3/c1-25-14-5-3-13(4-6-14)22-10-11(8-17(22)23)18(24)21-12-2-7-16(20)15(19)9-12/h2-7,9,11H,8,10H2,1H3,(H,21,24). The molecule has 0 radical (unpaired) electrons. The van der Waals surface area contributed by atoms with Crippen molar-refractivity contribution in [1.82, 2.24) is 0 Å². The second kappa shape index (κ2) is 7.11. The van der Waals surface area contributed by atoms with E-state index in [1.165, 1.54) is 18.2 Å². The number of halogens is 2. The van der Waals surface area contributed by atoms with Crippen LogP contribution in [0.15, 0.2) is 42.5 Å². The molecule has 0 aromatic heterocycles. The third kappa shape index (κ3) is 3.74. The monoisotopic (exact) mass is 362 g/mol. The SMILES string of the molecule is COc1ccc(N2CC(C(=O)Nc3ccc(F)c(Cl)c3)CC2=O)cc1. The summed E-state index contributed by atoms with van der Waals surface area (Å²) in [5.74, 6) is -0.771. The summed E-state index contributed by atoms with van der Waals surface area (Å²) in [6, 6.07) is 11.0. The zero-order valence-electron chi connectivity index (χ0n) is 13.5. The Hall–Kier alpha value is -2.60. The van der Waals surface area contributed by atoms with Gasteiger partial charge in [0.25, 0.3) is 0 Å². The Morgan fingerprint density at radius 2 is 2.00 bits per heavy atom. The van der Waals surface area contributed by atoms with Gasteiger partial charge in [-0.2, -0.15) is 0 Å². The third-order valence-corrected chi connectivity index (χ3v) is 4.36. The Kier molecular flexibility index (Phi) is 4.90. The molecule has 0 spiro atoms. The predicted molar refractivity (Wildman–Crippen MR) is 93.5 cm³/mol. The maximum Gasteiger partial charge on any atom is 0.229 e. The summed E-state index contributed by atoms with van der Waals surface area (Å²) >= 11 is 5.71. The number of carbonyl (C=O) groups is 2. The quantitative estimate of drug-likeness (QED) is 0.905. The molecule has 1 N–H and O–H groups in total. The zero-order valence-corrected chi connectivity index (χ0v) is 14.2. The van der Waals surface area contributed by atoms with E-state index in [1.807, 2.05) is 0 Å². The molecule has 5 nitrogen and oxygen atoms in total. The lowest BCUT2D eigenvalue weighted by atomic mass is 10.1. The molecule has 0 aliphatic carbocycles. The van der Waals surface area contributed by atoms with Gasteiger partial charge in [0.1, 0.15) is 11.6 Å². The van der Waals surface area contributed by atoms with Crippen LogP contribution in [0.1, 0.15) is 6.42 Å². The van der Waals surface area contributed by atoms with Crippen LogP contribution >= 0.6 is 11.6 Å². The number of ether oxygens (including phenoxy) is 1. The lowest BCUT2D eigenvalue weighted by Gasteiger charge is -2.17. The van der Waals surface area contributed by atoms with Gasteiger partial charge in [0, 0.05) is 24.3 Å². The van der Waals surface area contributed by atoms with Gasteiger partial charge in [0.2, 0.25) is 11.8 Å². The van der Waals surface area contributed by atoms with Crippen molar-refractivity contribution in [1.29, 1.82) is 0 Å². The summed E-state index contributed by atoms with van der Waals surface area (Å²) in [6.45, 7) is 0.284. The first-order valence-corrected chi connectivity index (χ1v) is 8.06. The van der Waals surface area contributed by atoms with Crippen molar-refractivity contribution in [3.05, 3.63) is 53.3 Å². The number of anilines is 2. The van der Waals surface area contributed by atoms with Crippen molar-refractivity contribution in [2.45, 2.75) is 6.42 Å². The van der Waals surface area contributed by atoms with Gasteiger partial charge in [-0.05, 0) is 42.5 Å². The molecule has 1 fully saturated rings. The highest BCUT2D eigenvalue weighted by Crippen LogP contribution is 2.28. The van der Waals surface area contributed by atoms with E-state index in [9.17, 15) is 14.0 Å². The molecule has 1 unspecified atom stereocenters. The van der Waals surface area contributed by atoms with Crippen LogP contribution in [0.3, 0.4) is 0 Å². The molecule has 2 aromatic carbocycles. The summed E-state index contributed by atoms with van der Waals surface area (Å²) in [4.78, 5) is 26.2. The first-order chi connectivity index (χ1) is 12.0. The smallest absolute Gasteiger partial charge is 0.229 e. The molecular weight excluding hydrogens is 347 g/mol. The molecule has 1 saturated heterocycles. The minimum Gasteiger partial charge on any atom is -0.497 e. The van der Waals surface area contributed by atoms with Gasteiger partial charge in [0.05, 0.1) is 18.1 Å². The van der Waals surface area contributed by atoms with Crippen LogP contribution in [0, 0.1) is 11.7 Å². The minimum atomic E-state index is -0.554. The van der Waals surface area contributed by atoms with E-state index in [0.29, 0.717) is 17.1 Å². The number of benzene rings is 2. The van der Waals surface area contributed by atoms with Crippen LogP contribution in [0.25, 0.3) is 0 Å². The van der Waals surface area contributed by atoms with E-state index < -0.39 is 11.7 Å². The lowest BCUT2D eigenvalue weighted by Crippen LogP contribution is -2.28. The minimum absolute atomic E-state index is 0.0693. The molecule has 1 heterocycles. The van der Waals surface area contributed by atoms with Crippen LogP contribution < -0.4 is 15.0 Å². The summed E-state index contributed by atoms with van der Waals surface area (Å²) in [7, 11) is 1.57. The number of hydrogen-bond acceptors (Lipinski definition) is 3. The third-order valence-electron chi connectivity index (χ3n) is 4.07. The van der Waals surface area contributed by atoms with E-state index in [1.54, 1.807) is 36.3 Å².